The molecule has 0 aliphatic heterocycles. The third-order valence-corrected chi connectivity index (χ3v) is 4.62. The van der Waals surface area contributed by atoms with Crippen molar-refractivity contribution in [3.8, 4) is 11.1 Å². The lowest BCUT2D eigenvalue weighted by Gasteiger charge is -2.25. The molecular formula is C16H19ClN2O. The van der Waals surface area contributed by atoms with Gasteiger partial charge in [0.25, 0.3) is 0 Å². The summed E-state index contributed by atoms with van der Waals surface area (Å²) in [5.74, 6) is 1.60. The summed E-state index contributed by atoms with van der Waals surface area (Å²) in [6, 6.07) is 7.72. The van der Waals surface area contributed by atoms with Crippen molar-refractivity contribution in [2.45, 2.75) is 38.5 Å². The number of anilines is 1. The first-order valence-corrected chi connectivity index (χ1v) is 7.54. The van der Waals surface area contributed by atoms with E-state index >= 15 is 0 Å². The third kappa shape index (κ3) is 2.42. The molecular weight excluding hydrogens is 272 g/mol. The van der Waals surface area contributed by atoms with Crippen LogP contribution in [0.15, 0.2) is 28.8 Å². The monoisotopic (exact) mass is 290 g/mol. The average molecular weight is 291 g/mol. The van der Waals surface area contributed by atoms with Gasteiger partial charge in [0.05, 0.1) is 11.3 Å². The molecule has 1 aromatic heterocycles. The molecule has 1 aromatic carbocycles. The van der Waals surface area contributed by atoms with Gasteiger partial charge in [0.2, 0.25) is 5.88 Å². The van der Waals surface area contributed by atoms with Gasteiger partial charge in [-0.1, -0.05) is 54.7 Å². The summed E-state index contributed by atoms with van der Waals surface area (Å²) in [4.78, 5) is 0. The molecule has 0 atom stereocenters. The molecule has 1 fully saturated rings. The zero-order valence-corrected chi connectivity index (χ0v) is 12.4. The number of rotatable bonds is 2. The molecule has 0 spiro atoms. The van der Waals surface area contributed by atoms with E-state index in [4.69, 9.17) is 21.9 Å². The van der Waals surface area contributed by atoms with Crippen molar-refractivity contribution < 1.29 is 4.52 Å². The molecule has 4 heteroatoms. The minimum Gasteiger partial charge on any atom is -0.367 e. The highest BCUT2D eigenvalue weighted by Gasteiger charge is 2.27. The number of nitrogen functional groups attached to an aromatic ring is 1. The molecule has 20 heavy (non-hydrogen) atoms. The number of benzene rings is 1. The third-order valence-electron chi connectivity index (χ3n) is 4.29. The van der Waals surface area contributed by atoms with Crippen molar-refractivity contribution in [2.24, 2.45) is 5.92 Å². The van der Waals surface area contributed by atoms with Crippen molar-refractivity contribution >= 4 is 17.5 Å². The van der Waals surface area contributed by atoms with E-state index in [1.54, 1.807) is 0 Å². The van der Waals surface area contributed by atoms with Crippen molar-refractivity contribution in [2.75, 3.05) is 5.73 Å². The number of nitrogens with zero attached hydrogens (tertiary/aromatic N) is 1. The van der Waals surface area contributed by atoms with Gasteiger partial charge in [-0.2, -0.15) is 0 Å². The van der Waals surface area contributed by atoms with Crippen LogP contribution in [0.2, 0.25) is 5.02 Å². The molecule has 106 valence electrons. The van der Waals surface area contributed by atoms with Crippen LogP contribution in [-0.2, 0) is 0 Å². The van der Waals surface area contributed by atoms with Crippen LogP contribution < -0.4 is 5.73 Å². The molecule has 3 nitrogen and oxygen atoms in total. The quantitative estimate of drug-likeness (QED) is 0.858. The highest BCUT2D eigenvalue weighted by atomic mass is 35.5. The van der Waals surface area contributed by atoms with Gasteiger partial charge in [0.15, 0.2) is 0 Å². The normalized spacial score (nSPS) is 22.9. The Kier molecular flexibility index (Phi) is 3.70. The first kappa shape index (κ1) is 13.5. The minimum absolute atomic E-state index is 0.367. The predicted molar refractivity (Wildman–Crippen MR) is 81.7 cm³/mol. The lowest BCUT2D eigenvalue weighted by atomic mass is 9.80. The van der Waals surface area contributed by atoms with Crippen LogP contribution in [0, 0.1) is 5.92 Å². The predicted octanol–water partition coefficient (Wildman–Crippen LogP) is 4.87. The van der Waals surface area contributed by atoms with Gasteiger partial charge in [-0.15, -0.1) is 0 Å². The maximum absolute atomic E-state index is 6.30. The molecule has 0 bridgehead atoms. The average Bonchev–Trinajstić information content (AvgIpc) is 2.82. The number of halogens is 1. The summed E-state index contributed by atoms with van der Waals surface area (Å²) in [6.07, 6.45) is 4.76. The van der Waals surface area contributed by atoms with Gasteiger partial charge < -0.3 is 10.3 Å². The smallest absolute Gasteiger partial charge is 0.230 e. The Balaban J connectivity index is 2.00. The summed E-state index contributed by atoms with van der Waals surface area (Å²) in [5, 5.41) is 4.91. The van der Waals surface area contributed by atoms with Crippen LogP contribution in [0.25, 0.3) is 11.1 Å². The van der Waals surface area contributed by atoms with E-state index in [0.717, 1.165) is 35.6 Å². The first-order chi connectivity index (χ1) is 9.66. The fourth-order valence-corrected chi connectivity index (χ4v) is 3.29. The Morgan fingerprint density at radius 2 is 1.90 bits per heavy atom. The molecule has 1 heterocycles. The molecule has 1 aliphatic carbocycles. The molecule has 0 amide bonds. The van der Waals surface area contributed by atoms with E-state index in [2.05, 4.69) is 12.1 Å². The molecule has 0 unspecified atom stereocenters. The van der Waals surface area contributed by atoms with Crippen LogP contribution in [0.3, 0.4) is 0 Å². The van der Waals surface area contributed by atoms with Crippen molar-refractivity contribution in [3.05, 3.63) is 35.0 Å². The Bertz CT molecular complexity index is 600. The zero-order valence-electron chi connectivity index (χ0n) is 11.6. The summed E-state index contributed by atoms with van der Waals surface area (Å²) < 4.78 is 5.25. The Hall–Kier alpha value is -1.48. The Labute approximate surface area is 124 Å². The summed E-state index contributed by atoms with van der Waals surface area (Å²) in [7, 11) is 0. The molecule has 0 saturated heterocycles. The second kappa shape index (κ2) is 5.49. The van der Waals surface area contributed by atoms with E-state index in [9.17, 15) is 0 Å². The van der Waals surface area contributed by atoms with E-state index in [-0.39, 0.29) is 0 Å². The number of hydrogen-bond acceptors (Lipinski definition) is 3. The van der Waals surface area contributed by atoms with E-state index < -0.39 is 0 Å². The fourth-order valence-electron chi connectivity index (χ4n) is 3.06. The Morgan fingerprint density at radius 3 is 2.60 bits per heavy atom. The van der Waals surface area contributed by atoms with Crippen LogP contribution in [-0.4, -0.2) is 5.16 Å². The van der Waals surface area contributed by atoms with Crippen LogP contribution in [0.5, 0.6) is 0 Å². The highest BCUT2D eigenvalue weighted by Crippen LogP contribution is 2.43. The SMILES string of the molecule is CC1CCC(c2noc(N)c2-c2ccccc2Cl)CC1. The van der Waals surface area contributed by atoms with Gasteiger partial charge in [-0.3, -0.25) is 0 Å². The lowest BCUT2D eigenvalue weighted by molar-refractivity contribution is 0.331. The second-order valence-corrected chi connectivity index (χ2v) is 6.15. The van der Waals surface area contributed by atoms with Crippen LogP contribution >= 0.6 is 11.6 Å². The summed E-state index contributed by atoms with van der Waals surface area (Å²) in [6.45, 7) is 2.31. The van der Waals surface area contributed by atoms with Gasteiger partial charge >= 0.3 is 0 Å². The topological polar surface area (TPSA) is 52.0 Å². The fraction of sp³-hybridized carbons (Fsp3) is 0.438. The maximum Gasteiger partial charge on any atom is 0.230 e. The van der Waals surface area contributed by atoms with Gasteiger partial charge in [-0.25, -0.2) is 0 Å². The van der Waals surface area contributed by atoms with Gasteiger partial charge in [-0.05, 0) is 24.8 Å². The lowest BCUT2D eigenvalue weighted by Crippen LogP contribution is -2.12. The molecule has 3 rings (SSSR count). The van der Waals surface area contributed by atoms with Crippen molar-refractivity contribution in [1.82, 2.24) is 5.16 Å². The zero-order chi connectivity index (χ0) is 14.1. The molecule has 1 aliphatic rings. The maximum atomic E-state index is 6.30. The summed E-state index contributed by atoms with van der Waals surface area (Å²) in [5.41, 5.74) is 8.77. The second-order valence-electron chi connectivity index (χ2n) is 5.74. The molecule has 0 radical (unpaired) electrons. The first-order valence-electron chi connectivity index (χ1n) is 7.16. The minimum atomic E-state index is 0.367. The highest BCUT2D eigenvalue weighted by molar-refractivity contribution is 6.33. The standard InChI is InChI=1S/C16H19ClN2O/c1-10-6-8-11(9-7-10)15-14(16(18)20-19-15)12-4-2-3-5-13(12)17/h2-5,10-11H,6-9,18H2,1H3. The number of hydrogen-bond donors (Lipinski definition) is 1. The van der Waals surface area contributed by atoms with Gasteiger partial charge in [0, 0.05) is 16.5 Å². The van der Waals surface area contributed by atoms with Crippen molar-refractivity contribution in [3.63, 3.8) is 0 Å². The van der Waals surface area contributed by atoms with Crippen LogP contribution in [0.1, 0.15) is 44.2 Å². The van der Waals surface area contributed by atoms with E-state index in [1.807, 2.05) is 24.3 Å². The molecule has 2 aromatic rings. The number of aromatic nitrogens is 1. The van der Waals surface area contributed by atoms with Crippen LogP contribution in [0.4, 0.5) is 5.88 Å². The molecule has 2 N–H and O–H groups in total. The van der Waals surface area contributed by atoms with E-state index in [0.29, 0.717) is 16.8 Å². The molecule has 1 saturated carbocycles. The van der Waals surface area contributed by atoms with Crippen molar-refractivity contribution in [1.29, 1.82) is 0 Å². The Morgan fingerprint density at radius 1 is 1.20 bits per heavy atom. The van der Waals surface area contributed by atoms with Gasteiger partial charge in [0.1, 0.15) is 0 Å². The number of nitrogens with two attached hydrogens (primary N) is 1. The van der Waals surface area contributed by atoms with E-state index in [1.165, 1.54) is 12.8 Å². The largest absolute Gasteiger partial charge is 0.367 e. The summed E-state index contributed by atoms with van der Waals surface area (Å²) >= 11 is 6.30.